The minimum Gasteiger partial charge on any atom is -0.497 e. The van der Waals surface area contributed by atoms with E-state index in [1.807, 2.05) is 18.2 Å². The van der Waals surface area contributed by atoms with Crippen LogP contribution in [0.15, 0.2) is 18.2 Å². The number of anilines is 1. The first-order valence-electron chi connectivity index (χ1n) is 7.24. The summed E-state index contributed by atoms with van der Waals surface area (Å²) in [4.78, 5) is 12.9. The van der Waals surface area contributed by atoms with E-state index < -0.39 is 0 Å². The lowest BCUT2D eigenvalue weighted by atomic mass is 10.1. The zero-order valence-electron chi connectivity index (χ0n) is 12.3. The highest BCUT2D eigenvalue weighted by molar-refractivity contribution is 7.21. The third kappa shape index (κ3) is 2.83. The van der Waals surface area contributed by atoms with E-state index in [1.54, 1.807) is 7.11 Å². The van der Waals surface area contributed by atoms with E-state index in [4.69, 9.17) is 10.5 Å². The molecular weight excluding hydrogens is 284 g/mol. The molecule has 1 fully saturated rings. The Labute approximate surface area is 128 Å². The Hall–Kier alpha value is -1.75. The summed E-state index contributed by atoms with van der Waals surface area (Å²) in [6.07, 6.45) is 2.59. The molecule has 0 bridgehead atoms. The second-order valence-corrected chi connectivity index (χ2v) is 6.78. The molecule has 3 N–H and O–H groups in total. The predicted molar refractivity (Wildman–Crippen MR) is 87.0 cm³/mol. The molecule has 1 aromatic heterocycles. The Bertz CT molecular complexity index is 676. The minimum absolute atomic E-state index is 0.0693. The van der Waals surface area contributed by atoms with Crippen molar-refractivity contribution >= 4 is 33.0 Å². The molecular formula is C16H20N2O2S. The van der Waals surface area contributed by atoms with Crippen LogP contribution in [0.4, 0.5) is 5.69 Å². The van der Waals surface area contributed by atoms with Gasteiger partial charge in [-0.1, -0.05) is 6.92 Å². The lowest BCUT2D eigenvalue weighted by molar-refractivity contribution is 0.0951. The average Bonchev–Trinajstić information content (AvgIpc) is 3.29. The number of ether oxygens (including phenoxy) is 1. The van der Waals surface area contributed by atoms with Crippen molar-refractivity contribution in [2.24, 2.45) is 11.8 Å². The number of carbonyl (C=O) groups is 1. The second-order valence-electron chi connectivity index (χ2n) is 5.73. The normalized spacial score (nSPS) is 15.9. The summed E-state index contributed by atoms with van der Waals surface area (Å²) < 4.78 is 6.19. The molecule has 2 aromatic rings. The van der Waals surface area contributed by atoms with Crippen LogP contribution in [0.1, 0.15) is 29.4 Å². The molecule has 1 aromatic carbocycles. The molecule has 5 heteroatoms. The number of hydrogen-bond acceptors (Lipinski definition) is 4. The number of nitrogens with one attached hydrogen (secondary N) is 1. The van der Waals surface area contributed by atoms with Crippen LogP contribution < -0.4 is 15.8 Å². The smallest absolute Gasteiger partial charge is 0.263 e. The Balaban J connectivity index is 1.78. The van der Waals surface area contributed by atoms with Crippen molar-refractivity contribution in [3.8, 4) is 5.75 Å². The van der Waals surface area contributed by atoms with Crippen LogP contribution in [0.5, 0.6) is 5.75 Å². The average molecular weight is 304 g/mol. The molecule has 1 amide bonds. The van der Waals surface area contributed by atoms with Gasteiger partial charge in [-0.3, -0.25) is 4.79 Å². The summed E-state index contributed by atoms with van der Waals surface area (Å²) >= 11 is 1.42. The van der Waals surface area contributed by atoms with Gasteiger partial charge in [-0.05, 0) is 42.9 Å². The molecule has 112 valence electrons. The van der Waals surface area contributed by atoms with Gasteiger partial charge in [0.2, 0.25) is 0 Å². The van der Waals surface area contributed by atoms with Crippen molar-refractivity contribution in [3.05, 3.63) is 23.1 Å². The van der Waals surface area contributed by atoms with E-state index in [0.717, 1.165) is 28.3 Å². The summed E-state index contributed by atoms with van der Waals surface area (Å²) in [5.41, 5.74) is 6.68. The topological polar surface area (TPSA) is 64.3 Å². The van der Waals surface area contributed by atoms with Gasteiger partial charge in [-0.2, -0.15) is 0 Å². The molecule has 1 unspecified atom stereocenters. The largest absolute Gasteiger partial charge is 0.497 e. The Morgan fingerprint density at radius 1 is 1.52 bits per heavy atom. The van der Waals surface area contributed by atoms with Crippen LogP contribution in [0.3, 0.4) is 0 Å². The minimum atomic E-state index is -0.0693. The van der Waals surface area contributed by atoms with Crippen molar-refractivity contribution < 1.29 is 9.53 Å². The van der Waals surface area contributed by atoms with E-state index in [2.05, 4.69) is 12.2 Å². The zero-order valence-corrected chi connectivity index (χ0v) is 13.1. The summed E-state index contributed by atoms with van der Waals surface area (Å²) in [7, 11) is 1.63. The molecule has 0 spiro atoms. The molecule has 1 aliphatic carbocycles. The van der Waals surface area contributed by atoms with Gasteiger partial charge in [0.15, 0.2) is 0 Å². The highest BCUT2D eigenvalue weighted by atomic mass is 32.1. The van der Waals surface area contributed by atoms with Crippen LogP contribution >= 0.6 is 11.3 Å². The number of amides is 1. The lowest BCUT2D eigenvalue weighted by Crippen LogP contribution is -2.28. The first kappa shape index (κ1) is 14.2. The molecule has 1 heterocycles. The Kier molecular flexibility index (Phi) is 3.76. The number of rotatable bonds is 5. The Morgan fingerprint density at radius 3 is 2.95 bits per heavy atom. The quantitative estimate of drug-likeness (QED) is 0.891. The number of benzene rings is 1. The fraction of sp³-hybridized carbons (Fsp3) is 0.438. The molecule has 0 saturated heterocycles. The van der Waals surface area contributed by atoms with Crippen LogP contribution in [0, 0.1) is 11.8 Å². The van der Waals surface area contributed by atoms with Crippen molar-refractivity contribution in [3.63, 3.8) is 0 Å². The van der Waals surface area contributed by atoms with E-state index in [-0.39, 0.29) is 5.91 Å². The van der Waals surface area contributed by atoms with Crippen LogP contribution in [-0.2, 0) is 0 Å². The van der Waals surface area contributed by atoms with Gasteiger partial charge in [0.05, 0.1) is 12.8 Å². The SMILES string of the molecule is COc1ccc2c(N)c(C(=O)NCC(C)C3CC3)sc2c1. The number of methoxy groups -OCH3 is 1. The summed E-state index contributed by atoms with van der Waals surface area (Å²) in [5, 5.41) is 3.93. The Morgan fingerprint density at radius 2 is 2.29 bits per heavy atom. The fourth-order valence-corrected chi connectivity index (χ4v) is 3.63. The predicted octanol–water partition coefficient (Wildman–Crippen LogP) is 3.27. The van der Waals surface area contributed by atoms with Crippen molar-refractivity contribution in [2.45, 2.75) is 19.8 Å². The molecule has 1 aliphatic rings. The number of carbonyl (C=O) groups excluding carboxylic acids is 1. The van der Waals surface area contributed by atoms with Gasteiger partial charge in [-0.15, -0.1) is 11.3 Å². The van der Waals surface area contributed by atoms with Gasteiger partial charge in [0, 0.05) is 16.6 Å². The highest BCUT2D eigenvalue weighted by Crippen LogP contribution is 2.37. The van der Waals surface area contributed by atoms with E-state index in [1.165, 1.54) is 24.2 Å². The molecule has 21 heavy (non-hydrogen) atoms. The lowest BCUT2D eigenvalue weighted by Gasteiger charge is -2.10. The molecule has 0 aliphatic heterocycles. The van der Waals surface area contributed by atoms with Gasteiger partial charge in [0.1, 0.15) is 10.6 Å². The molecule has 4 nitrogen and oxygen atoms in total. The van der Waals surface area contributed by atoms with Crippen LogP contribution in [0.2, 0.25) is 0 Å². The molecule has 0 radical (unpaired) electrons. The third-order valence-electron chi connectivity index (χ3n) is 4.15. The standard InChI is InChI=1S/C16H20N2O2S/c1-9(10-3-4-10)8-18-16(19)15-14(17)12-6-5-11(20-2)7-13(12)21-15/h5-7,9-10H,3-4,8,17H2,1-2H3,(H,18,19). The number of nitrogen functional groups attached to an aromatic ring is 1. The summed E-state index contributed by atoms with van der Waals surface area (Å²) in [6.45, 7) is 2.91. The third-order valence-corrected chi connectivity index (χ3v) is 5.32. The number of fused-ring (bicyclic) bond motifs is 1. The monoisotopic (exact) mass is 304 g/mol. The van der Waals surface area contributed by atoms with E-state index >= 15 is 0 Å². The van der Waals surface area contributed by atoms with Gasteiger partial charge < -0.3 is 15.8 Å². The van der Waals surface area contributed by atoms with Crippen molar-refractivity contribution in [2.75, 3.05) is 19.4 Å². The van der Waals surface area contributed by atoms with Crippen LogP contribution in [-0.4, -0.2) is 19.6 Å². The first-order chi connectivity index (χ1) is 10.1. The van der Waals surface area contributed by atoms with Gasteiger partial charge >= 0.3 is 0 Å². The fourth-order valence-electron chi connectivity index (χ4n) is 2.56. The summed E-state index contributed by atoms with van der Waals surface area (Å²) in [5.74, 6) is 2.04. The molecule has 1 atom stereocenters. The van der Waals surface area contributed by atoms with E-state index in [0.29, 0.717) is 16.5 Å². The van der Waals surface area contributed by atoms with E-state index in [9.17, 15) is 4.79 Å². The maximum Gasteiger partial charge on any atom is 0.263 e. The maximum absolute atomic E-state index is 12.3. The van der Waals surface area contributed by atoms with Crippen molar-refractivity contribution in [1.29, 1.82) is 0 Å². The zero-order chi connectivity index (χ0) is 15.0. The summed E-state index contributed by atoms with van der Waals surface area (Å²) in [6, 6.07) is 5.69. The van der Waals surface area contributed by atoms with Crippen LogP contribution in [0.25, 0.3) is 10.1 Å². The number of nitrogens with two attached hydrogens (primary N) is 1. The second kappa shape index (κ2) is 5.56. The van der Waals surface area contributed by atoms with Gasteiger partial charge in [0.25, 0.3) is 5.91 Å². The van der Waals surface area contributed by atoms with Crippen molar-refractivity contribution in [1.82, 2.24) is 5.32 Å². The molecule has 1 saturated carbocycles. The highest BCUT2D eigenvalue weighted by Gasteiger charge is 2.28. The maximum atomic E-state index is 12.3. The number of thiophene rings is 1. The first-order valence-corrected chi connectivity index (χ1v) is 8.06. The molecule has 3 rings (SSSR count). The number of hydrogen-bond donors (Lipinski definition) is 2. The van der Waals surface area contributed by atoms with Gasteiger partial charge in [-0.25, -0.2) is 0 Å².